The Morgan fingerprint density at radius 1 is 1.18 bits per heavy atom. The number of rotatable bonds is 5. The van der Waals surface area contributed by atoms with Gasteiger partial charge in [-0.15, -0.1) is 0 Å². The summed E-state index contributed by atoms with van der Waals surface area (Å²) in [5, 5.41) is 15.0. The maximum Gasteiger partial charge on any atom is 0.319 e. The summed E-state index contributed by atoms with van der Waals surface area (Å²) in [5.74, 6) is -0.366. The van der Waals surface area contributed by atoms with Crippen LogP contribution in [-0.2, 0) is 14.3 Å². The number of aliphatic hydroxyl groups excluding tert-OH is 1. The first kappa shape index (κ1) is 20.5. The Balaban J connectivity index is 1.47. The van der Waals surface area contributed by atoms with Gasteiger partial charge in [0.05, 0.1) is 38.4 Å². The maximum absolute atomic E-state index is 12.9. The van der Waals surface area contributed by atoms with Gasteiger partial charge in [-0.2, -0.15) is 0 Å². The number of halogens is 1. The number of aliphatic hydroxyl groups is 1. The summed E-state index contributed by atoms with van der Waals surface area (Å²) in [6.07, 6.45) is 0.572. The second kappa shape index (κ2) is 9.81. The molecular formula is C19H26FN3O5. The van der Waals surface area contributed by atoms with Crippen molar-refractivity contribution in [3.05, 3.63) is 30.1 Å². The van der Waals surface area contributed by atoms with E-state index in [2.05, 4.69) is 10.6 Å². The van der Waals surface area contributed by atoms with Crippen LogP contribution in [0.3, 0.4) is 0 Å². The van der Waals surface area contributed by atoms with Crippen molar-refractivity contribution in [2.75, 3.05) is 38.2 Å². The van der Waals surface area contributed by atoms with Crippen LogP contribution in [0.15, 0.2) is 24.3 Å². The molecule has 0 unspecified atom stereocenters. The van der Waals surface area contributed by atoms with Crippen LogP contribution in [0.4, 0.5) is 14.9 Å². The van der Waals surface area contributed by atoms with Crippen molar-refractivity contribution < 1.29 is 28.6 Å². The summed E-state index contributed by atoms with van der Waals surface area (Å²) in [6, 6.07) is 4.60. The summed E-state index contributed by atoms with van der Waals surface area (Å²) in [5.41, 5.74) is 0.463. The first-order valence-corrected chi connectivity index (χ1v) is 9.50. The predicted octanol–water partition coefficient (Wildman–Crippen LogP) is 1.10. The molecule has 8 nitrogen and oxygen atoms in total. The Kier molecular flexibility index (Phi) is 7.18. The standard InChI is InChI=1S/C19H26FN3O5/c20-13-1-3-14(4-2-13)21-19(26)22-16-6-5-15(28-17(16)12-24)11-18(25)23-7-9-27-10-8-23/h1-4,15-17,24H,5-12H2,(H2,21,22,26)/t15-,16-,17+/m1/s1. The minimum atomic E-state index is -0.588. The van der Waals surface area contributed by atoms with Crippen LogP contribution in [0, 0.1) is 5.82 Å². The molecule has 2 heterocycles. The van der Waals surface area contributed by atoms with E-state index in [1.807, 2.05) is 0 Å². The fourth-order valence-electron chi connectivity index (χ4n) is 3.45. The normalized spacial score (nSPS) is 25.2. The van der Waals surface area contributed by atoms with Gasteiger partial charge in [-0.25, -0.2) is 9.18 Å². The van der Waals surface area contributed by atoms with Gasteiger partial charge in [-0.3, -0.25) is 4.79 Å². The molecule has 0 spiro atoms. The number of nitrogens with zero attached hydrogens (tertiary/aromatic N) is 1. The van der Waals surface area contributed by atoms with E-state index < -0.39 is 12.1 Å². The van der Waals surface area contributed by atoms with Crippen molar-refractivity contribution in [2.45, 2.75) is 37.5 Å². The van der Waals surface area contributed by atoms with Crippen LogP contribution in [-0.4, -0.2) is 73.1 Å². The Morgan fingerprint density at radius 3 is 2.57 bits per heavy atom. The molecule has 3 amide bonds. The second-order valence-corrected chi connectivity index (χ2v) is 6.97. The highest BCUT2D eigenvalue weighted by molar-refractivity contribution is 5.89. The molecule has 0 saturated carbocycles. The van der Waals surface area contributed by atoms with Gasteiger partial charge in [0.1, 0.15) is 11.9 Å². The number of hydrogen-bond donors (Lipinski definition) is 3. The SMILES string of the molecule is O=C(Nc1ccc(F)cc1)N[C@@H]1CC[C@H](CC(=O)N2CCOCC2)O[C@H]1CO. The van der Waals surface area contributed by atoms with Gasteiger partial charge in [0.2, 0.25) is 5.91 Å². The fraction of sp³-hybridized carbons (Fsp3) is 0.579. The Bertz CT molecular complexity index is 666. The molecule has 9 heteroatoms. The van der Waals surface area contributed by atoms with Gasteiger partial charge in [0, 0.05) is 18.8 Å². The molecular weight excluding hydrogens is 369 g/mol. The lowest BCUT2D eigenvalue weighted by molar-refractivity contribution is -0.143. The van der Waals surface area contributed by atoms with Crippen molar-refractivity contribution in [3.63, 3.8) is 0 Å². The van der Waals surface area contributed by atoms with Gasteiger partial charge in [0.15, 0.2) is 0 Å². The lowest BCUT2D eigenvalue weighted by atomic mass is 9.97. The van der Waals surface area contributed by atoms with Gasteiger partial charge >= 0.3 is 6.03 Å². The Labute approximate surface area is 163 Å². The maximum atomic E-state index is 12.9. The average molecular weight is 395 g/mol. The predicted molar refractivity (Wildman–Crippen MR) is 99.3 cm³/mol. The zero-order valence-electron chi connectivity index (χ0n) is 15.6. The summed E-state index contributed by atoms with van der Waals surface area (Å²) >= 11 is 0. The van der Waals surface area contributed by atoms with E-state index in [9.17, 15) is 19.1 Å². The van der Waals surface area contributed by atoms with E-state index in [4.69, 9.17) is 9.47 Å². The first-order valence-electron chi connectivity index (χ1n) is 9.50. The smallest absolute Gasteiger partial charge is 0.319 e. The monoisotopic (exact) mass is 395 g/mol. The summed E-state index contributed by atoms with van der Waals surface area (Å²) in [4.78, 5) is 26.3. The van der Waals surface area contributed by atoms with Crippen LogP contribution < -0.4 is 10.6 Å². The largest absolute Gasteiger partial charge is 0.394 e. The minimum absolute atomic E-state index is 0.0189. The third-order valence-corrected chi connectivity index (χ3v) is 4.98. The van der Waals surface area contributed by atoms with Gasteiger partial charge in [0.25, 0.3) is 0 Å². The molecule has 3 atom stereocenters. The number of anilines is 1. The number of hydrogen-bond acceptors (Lipinski definition) is 5. The van der Waals surface area contributed by atoms with Gasteiger partial charge < -0.3 is 30.1 Å². The van der Waals surface area contributed by atoms with Gasteiger partial charge in [-0.1, -0.05) is 0 Å². The van der Waals surface area contributed by atoms with Gasteiger partial charge in [-0.05, 0) is 37.1 Å². The van der Waals surface area contributed by atoms with E-state index in [0.29, 0.717) is 44.8 Å². The second-order valence-electron chi connectivity index (χ2n) is 6.97. The summed E-state index contributed by atoms with van der Waals surface area (Å²) in [7, 11) is 0. The van der Waals surface area contributed by atoms with Crippen LogP contribution in [0.1, 0.15) is 19.3 Å². The molecule has 0 radical (unpaired) electrons. The molecule has 3 N–H and O–H groups in total. The average Bonchev–Trinajstić information content (AvgIpc) is 2.71. The lowest BCUT2D eigenvalue weighted by Crippen LogP contribution is -2.52. The number of benzene rings is 1. The van der Waals surface area contributed by atoms with Crippen molar-refractivity contribution in [2.24, 2.45) is 0 Å². The Hall–Kier alpha value is -2.23. The number of nitrogens with one attached hydrogen (secondary N) is 2. The summed E-state index contributed by atoms with van der Waals surface area (Å²) < 4.78 is 24.0. The van der Waals surface area contributed by atoms with E-state index in [1.165, 1.54) is 24.3 Å². The Morgan fingerprint density at radius 2 is 1.89 bits per heavy atom. The van der Waals surface area contributed by atoms with Crippen molar-refractivity contribution in [3.8, 4) is 0 Å². The van der Waals surface area contributed by atoms with E-state index >= 15 is 0 Å². The number of ether oxygens (including phenoxy) is 2. The molecule has 28 heavy (non-hydrogen) atoms. The quantitative estimate of drug-likeness (QED) is 0.693. The molecule has 2 aliphatic rings. The molecule has 154 valence electrons. The molecule has 0 bridgehead atoms. The zero-order valence-corrected chi connectivity index (χ0v) is 15.6. The van der Waals surface area contributed by atoms with E-state index in [1.54, 1.807) is 4.90 Å². The fourth-order valence-corrected chi connectivity index (χ4v) is 3.45. The third kappa shape index (κ3) is 5.63. The molecule has 2 saturated heterocycles. The van der Waals surface area contributed by atoms with Crippen LogP contribution in [0.25, 0.3) is 0 Å². The van der Waals surface area contributed by atoms with Crippen molar-refractivity contribution in [1.82, 2.24) is 10.2 Å². The number of carbonyl (C=O) groups excluding carboxylic acids is 2. The number of morpholine rings is 1. The van der Waals surface area contributed by atoms with Crippen LogP contribution >= 0.6 is 0 Å². The third-order valence-electron chi connectivity index (χ3n) is 4.98. The lowest BCUT2D eigenvalue weighted by Gasteiger charge is -2.37. The molecule has 2 aliphatic heterocycles. The van der Waals surface area contributed by atoms with Crippen LogP contribution in [0.5, 0.6) is 0 Å². The first-order chi connectivity index (χ1) is 13.5. The molecule has 3 rings (SSSR count). The van der Waals surface area contributed by atoms with E-state index in [-0.39, 0.29) is 36.9 Å². The molecule has 0 aliphatic carbocycles. The van der Waals surface area contributed by atoms with Crippen molar-refractivity contribution in [1.29, 1.82) is 0 Å². The van der Waals surface area contributed by atoms with Crippen LogP contribution in [0.2, 0.25) is 0 Å². The zero-order chi connectivity index (χ0) is 19.9. The molecule has 1 aromatic carbocycles. The highest BCUT2D eigenvalue weighted by Gasteiger charge is 2.33. The molecule has 1 aromatic rings. The topological polar surface area (TPSA) is 100 Å². The highest BCUT2D eigenvalue weighted by Crippen LogP contribution is 2.23. The highest BCUT2D eigenvalue weighted by atomic mass is 19.1. The summed E-state index contributed by atoms with van der Waals surface area (Å²) in [6.45, 7) is 2.01. The molecule has 0 aromatic heterocycles. The number of urea groups is 1. The number of carbonyl (C=O) groups is 2. The minimum Gasteiger partial charge on any atom is -0.394 e. The van der Waals surface area contributed by atoms with Crippen molar-refractivity contribution >= 4 is 17.6 Å². The van der Waals surface area contributed by atoms with E-state index in [0.717, 1.165) is 0 Å². The number of amides is 3. The molecule has 2 fully saturated rings.